The minimum absolute atomic E-state index is 0.216. The lowest BCUT2D eigenvalue weighted by atomic mass is 10.0. The third-order valence-electron chi connectivity index (χ3n) is 5.17. The molecule has 2 atom stereocenters. The molecule has 1 aromatic carbocycles. The fourth-order valence-corrected chi connectivity index (χ4v) is 3.99. The van der Waals surface area contributed by atoms with E-state index < -0.39 is 27.3 Å². The number of carbonyl (C=O) groups is 3. The average Bonchev–Trinajstić information content (AvgIpc) is 2.90. The fraction of sp³-hybridized carbons (Fsp3) is 0.500. The van der Waals surface area contributed by atoms with Gasteiger partial charge < -0.3 is 4.90 Å². The summed E-state index contributed by atoms with van der Waals surface area (Å²) in [5.74, 6) is -0.973. The molecule has 3 amide bonds. The predicted molar refractivity (Wildman–Crippen MR) is 96.4 cm³/mol. The Kier molecular flexibility index (Phi) is 5.34. The van der Waals surface area contributed by atoms with E-state index in [1.54, 1.807) is 6.07 Å². The van der Waals surface area contributed by atoms with Gasteiger partial charge in [0.25, 0.3) is 16.0 Å². The third-order valence-corrected chi connectivity index (χ3v) is 6.43. The van der Waals surface area contributed by atoms with Crippen LogP contribution in [0.2, 0.25) is 0 Å². The molecule has 3 rings (SSSR count). The van der Waals surface area contributed by atoms with Crippen molar-refractivity contribution in [3.8, 4) is 0 Å². The summed E-state index contributed by atoms with van der Waals surface area (Å²) in [5, 5.41) is 1.47. The maximum absolute atomic E-state index is 12.6. The molecule has 8 nitrogen and oxygen atoms in total. The second kappa shape index (κ2) is 7.40. The van der Waals surface area contributed by atoms with Crippen LogP contribution in [0.25, 0.3) is 0 Å². The van der Waals surface area contributed by atoms with Gasteiger partial charge in [0.2, 0.25) is 11.8 Å². The lowest BCUT2D eigenvalue weighted by Crippen LogP contribution is -2.52. The molecule has 1 fully saturated rings. The molecule has 27 heavy (non-hydrogen) atoms. The molecular weight excluding hydrogens is 372 g/mol. The van der Waals surface area contributed by atoms with Gasteiger partial charge >= 0.3 is 0 Å². The second-order valence-electron chi connectivity index (χ2n) is 7.11. The molecule has 9 heteroatoms. The SMILES string of the molecule is CC(CCCc1ccc2c(c1)CN(C1CCC(=O)NC1=O)C2=O)S(=O)(=O)O. The first-order valence-electron chi connectivity index (χ1n) is 8.89. The summed E-state index contributed by atoms with van der Waals surface area (Å²) in [4.78, 5) is 37.5. The molecule has 2 unspecified atom stereocenters. The van der Waals surface area contributed by atoms with Crippen molar-refractivity contribution in [1.82, 2.24) is 10.2 Å². The van der Waals surface area contributed by atoms with Gasteiger partial charge in [-0.3, -0.25) is 24.3 Å². The second-order valence-corrected chi connectivity index (χ2v) is 8.94. The Labute approximate surface area is 157 Å². The van der Waals surface area contributed by atoms with Crippen molar-refractivity contribution < 1.29 is 27.4 Å². The van der Waals surface area contributed by atoms with Gasteiger partial charge in [-0.1, -0.05) is 12.1 Å². The maximum Gasteiger partial charge on any atom is 0.267 e. The molecule has 0 saturated carbocycles. The van der Waals surface area contributed by atoms with Crippen LogP contribution in [-0.2, 0) is 32.7 Å². The molecule has 2 heterocycles. The van der Waals surface area contributed by atoms with E-state index in [0.717, 1.165) is 11.1 Å². The zero-order valence-electron chi connectivity index (χ0n) is 15.0. The zero-order valence-corrected chi connectivity index (χ0v) is 15.8. The van der Waals surface area contributed by atoms with Gasteiger partial charge in [-0.2, -0.15) is 8.42 Å². The van der Waals surface area contributed by atoms with E-state index >= 15 is 0 Å². The maximum atomic E-state index is 12.6. The number of piperidine rings is 1. The summed E-state index contributed by atoms with van der Waals surface area (Å²) in [6.07, 6.45) is 2.10. The van der Waals surface area contributed by atoms with Gasteiger partial charge in [0, 0.05) is 18.5 Å². The van der Waals surface area contributed by atoms with Crippen molar-refractivity contribution in [2.24, 2.45) is 0 Å². The van der Waals surface area contributed by atoms with Crippen LogP contribution in [0.5, 0.6) is 0 Å². The first-order valence-corrected chi connectivity index (χ1v) is 10.4. The van der Waals surface area contributed by atoms with Crippen molar-refractivity contribution in [1.29, 1.82) is 0 Å². The van der Waals surface area contributed by atoms with Crippen LogP contribution < -0.4 is 5.32 Å². The molecule has 0 aromatic heterocycles. The summed E-state index contributed by atoms with van der Waals surface area (Å²) >= 11 is 0. The smallest absolute Gasteiger partial charge is 0.267 e. The van der Waals surface area contributed by atoms with Crippen LogP contribution in [0.4, 0.5) is 0 Å². The van der Waals surface area contributed by atoms with Crippen molar-refractivity contribution in [3.05, 3.63) is 34.9 Å². The minimum atomic E-state index is -4.02. The number of imide groups is 1. The van der Waals surface area contributed by atoms with Crippen LogP contribution >= 0.6 is 0 Å². The van der Waals surface area contributed by atoms with E-state index in [1.165, 1.54) is 11.8 Å². The molecule has 0 spiro atoms. The van der Waals surface area contributed by atoms with Crippen molar-refractivity contribution in [3.63, 3.8) is 0 Å². The number of nitrogens with zero attached hydrogens (tertiary/aromatic N) is 1. The average molecular weight is 394 g/mol. The van der Waals surface area contributed by atoms with E-state index in [-0.39, 0.29) is 18.2 Å². The number of hydrogen-bond donors (Lipinski definition) is 2. The molecule has 0 radical (unpaired) electrons. The van der Waals surface area contributed by atoms with Gasteiger partial charge in [-0.15, -0.1) is 0 Å². The molecule has 2 aliphatic rings. The Hall–Kier alpha value is -2.26. The summed E-state index contributed by atoms with van der Waals surface area (Å²) in [5.41, 5.74) is 2.34. The number of fused-ring (bicyclic) bond motifs is 1. The quantitative estimate of drug-likeness (QED) is 0.549. The molecule has 2 aliphatic heterocycles. The Balaban J connectivity index is 1.65. The Morgan fingerprint density at radius 1 is 1.30 bits per heavy atom. The highest BCUT2D eigenvalue weighted by Crippen LogP contribution is 2.28. The normalized spacial score (nSPS) is 21.2. The standard InChI is InChI=1S/C18H22N2O6S/c1-11(27(24,25)26)3-2-4-12-5-6-14-13(9-12)10-20(18(14)23)15-7-8-16(21)19-17(15)22/h5-6,9,11,15H,2-4,7-8,10H2,1H3,(H,19,21,22)(H,24,25,26). The van der Waals surface area contributed by atoms with Gasteiger partial charge in [0.05, 0.1) is 5.25 Å². The molecule has 0 bridgehead atoms. The van der Waals surface area contributed by atoms with E-state index in [1.807, 2.05) is 12.1 Å². The van der Waals surface area contributed by atoms with Gasteiger partial charge in [-0.05, 0) is 49.8 Å². The van der Waals surface area contributed by atoms with Crippen LogP contribution in [0, 0.1) is 0 Å². The van der Waals surface area contributed by atoms with E-state index in [2.05, 4.69) is 5.32 Å². The van der Waals surface area contributed by atoms with Crippen LogP contribution in [0.15, 0.2) is 18.2 Å². The Morgan fingerprint density at radius 2 is 2.04 bits per heavy atom. The van der Waals surface area contributed by atoms with Crippen LogP contribution in [0.3, 0.4) is 0 Å². The van der Waals surface area contributed by atoms with Gasteiger partial charge in [0.1, 0.15) is 6.04 Å². The van der Waals surface area contributed by atoms with Crippen LogP contribution in [-0.4, -0.2) is 46.9 Å². The highest BCUT2D eigenvalue weighted by atomic mass is 32.2. The number of aryl methyl sites for hydroxylation is 1. The summed E-state index contributed by atoms with van der Waals surface area (Å²) < 4.78 is 31.1. The first kappa shape index (κ1) is 19.5. The van der Waals surface area contributed by atoms with Crippen molar-refractivity contribution in [2.75, 3.05) is 0 Å². The Bertz CT molecular complexity index is 895. The largest absolute Gasteiger partial charge is 0.322 e. The molecular formula is C18H22N2O6S. The van der Waals surface area contributed by atoms with Gasteiger partial charge in [0.15, 0.2) is 0 Å². The summed E-state index contributed by atoms with van der Waals surface area (Å²) in [7, 11) is -4.02. The zero-order chi connectivity index (χ0) is 19.8. The van der Waals surface area contributed by atoms with Crippen molar-refractivity contribution >= 4 is 27.8 Å². The number of nitrogens with one attached hydrogen (secondary N) is 1. The first-order chi connectivity index (χ1) is 12.7. The summed E-state index contributed by atoms with van der Waals surface area (Å²) in [6, 6.07) is 4.81. The molecule has 2 N–H and O–H groups in total. The highest BCUT2D eigenvalue weighted by molar-refractivity contribution is 7.86. The van der Waals surface area contributed by atoms with E-state index in [9.17, 15) is 22.8 Å². The molecule has 1 aromatic rings. The monoisotopic (exact) mass is 394 g/mol. The lowest BCUT2D eigenvalue weighted by molar-refractivity contribution is -0.136. The number of rotatable bonds is 6. The number of carbonyl (C=O) groups excluding carboxylic acids is 3. The summed E-state index contributed by atoms with van der Waals surface area (Å²) in [6.45, 7) is 1.78. The number of amides is 3. The topological polar surface area (TPSA) is 121 Å². The highest BCUT2D eigenvalue weighted by Gasteiger charge is 2.39. The number of hydrogen-bond acceptors (Lipinski definition) is 5. The lowest BCUT2D eigenvalue weighted by Gasteiger charge is -2.29. The third kappa shape index (κ3) is 4.19. The fourth-order valence-electron chi connectivity index (χ4n) is 3.53. The Morgan fingerprint density at radius 3 is 2.70 bits per heavy atom. The predicted octanol–water partition coefficient (Wildman–Crippen LogP) is 1.05. The number of benzene rings is 1. The minimum Gasteiger partial charge on any atom is -0.322 e. The van der Waals surface area contributed by atoms with E-state index in [4.69, 9.17) is 4.55 Å². The van der Waals surface area contributed by atoms with Crippen LogP contribution in [0.1, 0.15) is 54.1 Å². The van der Waals surface area contributed by atoms with E-state index in [0.29, 0.717) is 37.8 Å². The molecule has 0 aliphatic carbocycles. The molecule has 146 valence electrons. The van der Waals surface area contributed by atoms with Gasteiger partial charge in [-0.25, -0.2) is 0 Å². The van der Waals surface area contributed by atoms with Crippen molar-refractivity contribution in [2.45, 2.75) is 56.9 Å². The molecule has 1 saturated heterocycles.